The van der Waals surface area contributed by atoms with Gasteiger partial charge in [-0.05, 0) is 56.1 Å². The molecule has 1 heterocycles. The molecular formula is C23H27NO5S. The Bertz CT molecular complexity index is 1010. The number of Topliss-reactive ketones (excluding diaryl/α,β-unsaturated/α-hetero) is 1. The van der Waals surface area contributed by atoms with Crippen LogP contribution in [-0.4, -0.2) is 37.3 Å². The molecule has 30 heavy (non-hydrogen) atoms. The zero-order chi connectivity index (χ0) is 21.6. The molecule has 6 nitrogen and oxygen atoms in total. The molecule has 1 unspecified atom stereocenters. The second-order valence-electron chi connectivity index (χ2n) is 7.52. The summed E-state index contributed by atoms with van der Waals surface area (Å²) in [5.74, 6) is -0.682. The summed E-state index contributed by atoms with van der Waals surface area (Å²) in [5, 5.41) is 9.79. The van der Waals surface area contributed by atoms with Gasteiger partial charge >= 0.3 is 10.1 Å². The minimum atomic E-state index is -4.21. The lowest BCUT2D eigenvalue weighted by atomic mass is 9.96. The molecule has 1 saturated heterocycles. The van der Waals surface area contributed by atoms with Gasteiger partial charge in [0.2, 0.25) is 0 Å². The fourth-order valence-electron chi connectivity index (χ4n) is 3.41. The van der Waals surface area contributed by atoms with E-state index in [0.29, 0.717) is 12.0 Å². The highest BCUT2D eigenvalue weighted by molar-refractivity contribution is 7.87. The van der Waals surface area contributed by atoms with Crippen LogP contribution in [0.1, 0.15) is 43.0 Å². The molecule has 1 atom stereocenters. The Morgan fingerprint density at radius 3 is 2.60 bits per heavy atom. The summed E-state index contributed by atoms with van der Waals surface area (Å²) >= 11 is 0. The van der Waals surface area contributed by atoms with Crippen molar-refractivity contribution in [2.75, 3.05) is 13.1 Å². The number of phenols is 1. The number of rotatable bonds is 8. The Hall–Kier alpha value is -2.80. The van der Waals surface area contributed by atoms with Crippen molar-refractivity contribution >= 4 is 15.9 Å². The first-order chi connectivity index (χ1) is 14.4. The Morgan fingerprint density at radius 1 is 1.13 bits per heavy atom. The third-order valence-electron chi connectivity index (χ3n) is 5.10. The lowest BCUT2D eigenvalue weighted by molar-refractivity contribution is 0.0930. The summed E-state index contributed by atoms with van der Waals surface area (Å²) in [7, 11) is -4.21. The molecule has 1 aliphatic rings. The van der Waals surface area contributed by atoms with Gasteiger partial charge in [-0.15, -0.1) is 0 Å². The van der Waals surface area contributed by atoms with Crippen LogP contribution in [0.4, 0.5) is 0 Å². The maximum Gasteiger partial charge on any atom is 0.342 e. The molecule has 2 aromatic rings. The van der Waals surface area contributed by atoms with E-state index in [4.69, 9.17) is 4.18 Å². The van der Waals surface area contributed by atoms with Crippen molar-refractivity contribution in [3.8, 4) is 11.5 Å². The predicted octanol–water partition coefficient (Wildman–Crippen LogP) is 4.37. The number of likely N-dealkylation sites (tertiary alicyclic amines) is 1. The number of nitrogens with zero attached hydrogens (tertiary/aromatic N) is 1. The third kappa shape index (κ3) is 5.63. The average Bonchev–Trinajstić information content (AvgIpc) is 2.74. The van der Waals surface area contributed by atoms with Crippen molar-refractivity contribution < 1.29 is 22.5 Å². The lowest BCUT2D eigenvalue weighted by Crippen LogP contribution is -2.24. The summed E-state index contributed by atoms with van der Waals surface area (Å²) < 4.78 is 30.0. The summed E-state index contributed by atoms with van der Waals surface area (Å²) in [5.41, 5.74) is 0.388. The number of para-hydroxylation sites is 1. The molecule has 7 heteroatoms. The average molecular weight is 430 g/mol. The van der Waals surface area contributed by atoms with E-state index < -0.39 is 10.1 Å². The molecule has 2 aromatic carbocycles. The number of piperidine rings is 1. The third-order valence-corrected chi connectivity index (χ3v) is 6.40. The fourth-order valence-corrected chi connectivity index (χ4v) is 4.43. The van der Waals surface area contributed by atoms with Crippen LogP contribution in [0.15, 0.2) is 65.7 Å². The molecule has 0 aliphatic carbocycles. The topological polar surface area (TPSA) is 83.9 Å². The van der Waals surface area contributed by atoms with Crippen LogP contribution in [0, 0.1) is 5.92 Å². The maximum absolute atomic E-state index is 12.8. The number of phenolic OH excluding ortho intramolecular Hbond substituents is 1. The van der Waals surface area contributed by atoms with E-state index in [1.54, 1.807) is 12.1 Å². The maximum atomic E-state index is 12.8. The molecule has 0 saturated carbocycles. The fraction of sp³-hybridized carbons (Fsp3) is 0.348. The van der Waals surface area contributed by atoms with Crippen molar-refractivity contribution in [3.63, 3.8) is 0 Å². The highest BCUT2D eigenvalue weighted by atomic mass is 32.2. The first kappa shape index (κ1) is 21.9. The van der Waals surface area contributed by atoms with E-state index in [9.17, 15) is 18.3 Å². The van der Waals surface area contributed by atoms with Crippen molar-refractivity contribution in [3.05, 3.63) is 66.4 Å². The van der Waals surface area contributed by atoms with Crippen molar-refractivity contribution in [1.82, 2.24) is 4.90 Å². The number of aromatic hydroxyl groups is 1. The number of allylic oxidation sites excluding steroid dienone is 1. The second-order valence-corrected chi connectivity index (χ2v) is 9.03. The van der Waals surface area contributed by atoms with Crippen molar-refractivity contribution in [2.24, 2.45) is 5.92 Å². The van der Waals surface area contributed by atoms with Crippen LogP contribution < -0.4 is 4.18 Å². The minimum Gasteiger partial charge on any atom is -0.506 e. The van der Waals surface area contributed by atoms with Gasteiger partial charge in [-0.2, -0.15) is 8.42 Å². The Labute approximate surface area is 177 Å². The Kier molecular flexibility index (Phi) is 7.15. The molecule has 160 valence electrons. The van der Waals surface area contributed by atoms with Gasteiger partial charge in [-0.1, -0.05) is 37.3 Å². The van der Waals surface area contributed by atoms with Crippen LogP contribution in [-0.2, 0) is 10.1 Å². The second kappa shape index (κ2) is 9.80. The predicted molar refractivity (Wildman–Crippen MR) is 115 cm³/mol. The van der Waals surface area contributed by atoms with Crippen LogP contribution >= 0.6 is 0 Å². The largest absolute Gasteiger partial charge is 0.506 e. The molecule has 1 aliphatic heterocycles. The number of benzene rings is 2. The van der Waals surface area contributed by atoms with Gasteiger partial charge in [0.15, 0.2) is 5.78 Å². The minimum absolute atomic E-state index is 0.0279. The van der Waals surface area contributed by atoms with Gasteiger partial charge in [0.05, 0.1) is 0 Å². The van der Waals surface area contributed by atoms with E-state index >= 15 is 0 Å². The number of hydrogen-bond acceptors (Lipinski definition) is 6. The summed E-state index contributed by atoms with van der Waals surface area (Å²) in [6, 6.07) is 11.7. The Balaban J connectivity index is 1.66. The van der Waals surface area contributed by atoms with Gasteiger partial charge < -0.3 is 14.2 Å². The summed E-state index contributed by atoms with van der Waals surface area (Å²) in [6.07, 6.45) is 8.39. The zero-order valence-corrected chi connectivity index (χ0v) is 17.8. The normalized spacial score (nSPS) is 15.8. The van der Waals surface area contributed by atoms with Gasteiger partial charge in [0.25, 0.3) is 0 Å². The van der Waals surface area contributed by atoms with Crippen LogP contribution in [0.3, 0.4) is 0 Å². The van der Waals surface area contributed by atoms with Crippen molar-refractivity contribution in [2.45, 2.75) is 37.5 Å². The zero-order valence-electron chi connectivity index (χ0n) is 17.0. The first-order valence-electron chi connectivity index (χ1n) is 10.1. The smallest absolute Gasteiger partial charge is 0.342 e. The molecule has 0 bridgehead atoms. The quantitative estimate of drug-likeness (QED) is 0.496. The Morgan fingerprint density at radius 2 is 1.87 bits per heavy atom. The van der Waals surface area contributed by atoms with Crippen LogP contribution in [0.25, 0.3) is 0 Å². The van der Waals surface area contributed by atoms with Gasteiger partial charge in [-0.25, -0.2) is 0 Å². The molecule has 0 spiro atoms. The SMILES string of the molecule is CC(CC=CN1CCCCC1)C(=O)c1cccc(OS(=O)(=O)c2ccccc2O)c1. The molecule has 0 aromatic heterocycles. The lowest BCUT2D eigenvalue weighted by Gasteiger charge is -2.24. The van der Waals surface area contributed by atoms with E-state index in [0.717, 1.165) is 13.1 Å². The standard InChI is InChI=1S/C23H27NO5S/c1-18(9-8-16-24-14-5-2-6-15-24)23(26)19-10-7-11-20(17-19)29-30(27,28)22-13-4-3-12-21(22)25/h3-4,7-8,10-13,16-18,25H,2,5-6,9,14-15H2,1H3. The number of ketones is 1. The molecule has 0 radical (unpaired) electrons. The van der Waals surface area contributed by atoms with Gasteiger partial charge in [-0.3, -0.25) is 4.79 Å². The van der Waals surface area contributed by atoms with Crippen LogP contribution in [0.2, 0.25) is 0 Å². The highest BCUT2D eigenvalue weighted by Crippen LogP contribution is 2.26. The molecule has 1 N–H and O–H groups in total. The van der Waals surface area contributed by atoms with E-state index in [1.807, 2.05) is 13.0 Å². The molecule has 1 fully saturated rings. The summed E-state index contributed by atoms with van der Waals surface area (Å²) in [6.45, 7) is 3.97. The number of carbonyl (C=O) groups excluding carboxylic acids is 1. The van der Waals surface area contributed by atoms with Gasteiger partial charge in [0.1, 0.15) is 16.4 Å². The van der Waals surface area contributed by atoms with Crippen molar-refractivity contribution in [1.29, 1.82) is 0 Å². The monoisotopic (exact) mass is 429 g/mol. The molecular weight excluding hydrogens is 402 g/mol. The summed E-state index contributed by atoms with van der Waals surface area (Å²) in [4.78, 5) is 14.7. The number of hydrogen-bond donors (Lipinski definition) is 1. The number of carbonyl (C=O) groups is 1. The molecule has 0 amide bonds. The van der Waals surface area contributed by atoms with E-state index in [-0.39, 0.29) is 28.1 Å². The molecule has 3 rings (SSSR count). The van der Waals surface area contributed by atoms with Gasteiger partial charge in [0, 0.05) is 24.6 Å². The van der Waals surface area contributed by atoms with Crippen LogP contribution in [0.5, 0.6) is 11.5 Å². The van der Waals surface area contributed by atoms with E-state index in [1.165, 1.54) is 55.7 Å². The van der Waals surface area contributed by atoms with E-state index in [2.05, 4.69) is 11.1 Å². The highest BCUT2D eigenvalue weighted by Gasteiger charge is 2.22. The first-order valence-corrected chi connectivity index (χ1v) is 11.5.